The second kappa shape index (κ2) is 10.3. The smallest absolute Gasteiger partial charge is 0.226 e. The van der Waals surface area contributed by atoms with Crippen molar-refractivity contribution < 1.29 is 9.90 Å². The first-order valence-corrected chi connectivity index (χ1v) is 9.89. The molecule has 1 aliphatic carbocycles. The van der Waals surface area contributed by atoms with Crippen LogP contribution in [0.2, 0.25) is 0 Å². The number of aliphatic hydroxyl groups excluding tert-OH is 1. The quantitative estimate of drug-likeness (QED) is 0.671. The predicted octanol–water partition coefficient (Wildman–Crippen LogP) is 4.63. The summed E-state index contributed by atoms with van der Waals surface area (Å²) in [6.07, 6.45) is 8.21. The molecule has 0 aromatic carbocycles. The summed E-state index contributed by atoms with van der Waals surface area (Å²) in [6.45, 7) is 11.6. The molecular formula is C20H39NO2. The molecule has 136 valence electrons. The first kappa shape index (κ1) is 20.5. The molecule has 0 heterocycles. The minimum absolute atomic E-state index is 0.0454. The van der Waals surface area contributed by atoms with Gasteiger partial charge in [-0.05, 0) is 37.5 Å². The van der Waals surface area contributed by atoms with Gasteiger partial charge in [-0.15, -0.1) is 0 Å². The molecule has 0 aromatic heterocycles. The number of carbonyl (C=O) groups is 1. The van der Waals surface area contributed by atoms with Gasteiger partial charge in [0, 0.05) is 18.5 Å². The van der Waals surface area contributed by atoms with Crippen LogP contribution in [0.15, 0.2) is 0 Å². The Morgan fingerprint density at radius 3 is 2.17 bits per heavy atom. The van der Waals surface area contributed by atoms with E-state index < -0.39 is 0 Å². The SMILES string of the molecule is CC[C@H](C)CN(C(=O)C(C[C@@H](O)CC)C(C)C)C1CCCCC1. The highest BCUT2D eigenvalue weighted by molar-refractivity contribution is 5.79. The summed E-state index contributed by atoms with van der Waals surface area (Å²) in [5, 5.41) is 10.1. The van der Waals surface area contributed by atoms with E-state index in [4.69, 9.17) is 0 Å². The first-order valence-electron chi connectivity index (χ1n) is 9.89. The Morgan fingerprint density at radius 1 is 1.09 bits per heavy atom. The Hall–Kier alpha value is -0.570. The zero-order valence-corrected chi connectivity index (χ0v) is 16.1. The van der Waals surface area contributed by atoms with Crippen LogP contribution in [0.25, 0.3) is 0 Å². The molecule has 3 atom stereocenters. The lowest BCUT2D eigenvalue weighted by Gasteiger charge is -2.39. The molecule has 1 saturated carbocycles. The van der Waals surface area contributed by atoms with Crippen molar-refractivity contribution in [1.82, 2.24) is 4.90 Å². The summed E-state index contributed by atoms with van der Waals surface area (Å²) < 4.78 is 0. The topological polar surface area (TPSA) is 40.5 Å². The molecule has 0 saturated heterocycles. The van der Waals surface area contributed by atoms with Gasteiger partial charge in [-0.1, -0.05) is 60.3 Å². The van der Waals surface area contributed by atoms with Gasteiger partial charge >= 0.3 is 0 Å². The monoisotopic (exact) mass is 325 g/mol. The Bertz CT molecular complexity index is 337. The number of aliphatic hydroxyl groups is 1. The van der Waals surface area contributed by atoms with Gasteiger partial charge in [0.05, 0.1) is 6.10 Å². The minimum atomic E-state index is -0.358. The van der Waals surface area contributed by atoms with Gasteiger partial charge in [0.15, 0.2) is 0 Å². The van der Waals surface area contributed by atoms with Crippen LogP contribution in [0.5, 0.6) is 0 Å². The maximum absolute atomic E-state index is 13.3. The van der Waals surface area contributed by atoms with E-state index >= 15 is 0 Å². The van der Waals surface area contributed by atoms with Gasteiger partial charge in [0.2, 0.25) is 5.91 Å². The van der Waals surface area contributed by atoms with Crippen molar-refractivity contribution in [2.75, 3.05) is 6.54 Å². The molecule has 0 aromatic rings. The van der Waals surface area contributed by atoms with E-state index in [9.17, 15) is 9.90 Å². The third-order valence-electron chi connectivity index (χ3n) is 5.62. The summed E-state index contributed by atoms with van der Waals surface area (Å²) in [6, 6.07) is 0.422. The standard InChI is InChI=1S/C20H39NO2/c1-6-16(5)14-21(17-11-9-8-10-12-17)20(23)19(15(3)4)13-18(22)7-2/h15-19,22H,6-14H2,1-5H3/t16-,18-,19?/m0/s1. The van der Waals surface area contributed by atoms with Crippen molar-refractivity contribution in [2.45, 2.75) is 98.1 Å². The second-order valence-corrected chi connectivity index (χ2v) is 7.94. The van der Waals surface area contributed by atoms with Crippen LogP contribution in [0.1, 0.15) is 86.0 Å². The minimum Gasteiger partial charge on any atom is -0.393 e. The number of hydrogen-bond donors (Lipinski definition) is 1. The fourth-order valence-corrected chi connectivity index (χ4v) is 3.61. The summed E-state index contributed by atoms with van der Waals surface area (Å²) in [4.78, 5) is 15.5. The molecule has 1 unspecified atom stereocenters. The van der Waals surface area contributed by atoms with E-state index in [1.165, 1.54) is 19.3 Å². The average molecular weight is 326 g/mol. The van der Waals surface area contributed by atoms with Crippen LogP contribution in [0.3, 0.4) is 0 Å². The predicted molar refractivity (Wildman–Crippen MR) is 97.3 cm³/mol. The second-order valence-electron chi connectivity index (χ2n) is 7.94. The van der Waals surface area contributed by atoms with Crippen LogP contribution in [-0.2, 0) is 4.79 Å². The maximum atomic E-state index is 13.3. The van der Waals surface area contributed by atoms with Crippen molar-refractivity contribution in [1.29, 1.82) is 0 Å². The molecule has 0 spiro atoms. The summed E-state index contributed by atoms with van der Waals surface area (Å²) in [5.41, 5.74) is 0. The van der Waals surface area contributed by atoms with Crippen molar-refractivity contribution in [3.05, 3.63) is 0 Å². The first-order chi connectivity index (χ1) is 10.9. The van der Waals surface area contributed by atoms with Crippen molar-refractivity contribution in [3.63, 3.8) is 0 Å². The molecule has 3 heteroatoms. The van der Waals surface area contributed by atoms with Crippen LogP contribution < -0.4 is 0 Å². The molecule has 1 amide bonds. The number of rotatable bonds is 9. The average Bonchev–Trinajstić information content (AvgIpc) is 2.56. The Kier molecular flexibility index (Phi) is 9.19. The lowest BCUT2D eigenvalue weighted by Crippen LogP contribution is -2.48. The Labute approximate surface area is 143 Å². The molecule has 1 N–H and O–H groups in total. The largest absolute Gasteiger partial charge is 0.393 e. The fraction of sp³-hybridized carbons (Fsp3) is 0.950. The van der Waals surface area contributed by atoms with Crippen LogP contribution in [-0.4, -0.2) is 34.6 Å². The van der Waals surface area contributed by atoms with Gasteiger partial charge in [0.1, 0.15) is 0 Å². The van der Waals surface area contributed by atoms with E-state index in [1.54, 1.807) is 0 Å². The zero-order valence-electron chi connectivity index (χ0n) is 16.1. The van der Waals surface area contributed by atoms with Crippen LogP contribution in [0, 0.1) is 17.8 Å². The van der Waals surface area contributed by atoms with E-state index in [2.05, 4.69) is 32.6 Å². The molecule has 1 aliphatic rings. The van der Waals surface area contributed by atoms with Crippen molar-refractivity contribution in [2.24, 2.45) is 17.8 Å². The Morgan fingerprint density at radius 2 is 1.70 bits per heavy atom. The van der Waals surface area contributed by atoms with Crippen molar-refractivity contribution >= 4 is 5.91 Å². The van der Waals surface area contributed by atoms with Gasteiger partial charge in [-0.3, -0.25) is 4.79 Å². The number of amides is 1. The highest BCUT2D eigenvalue weighted by Crippen LogP contribution is 2.28. The molecule has 0 radical (unpaired) electrons. The number of nitrogens with zero attached hydrogens (tertiary/aromatic N) is 1. The lowest BCUT2D eigenvalue weighted by atomic mass is 9.86. The van der Waals surface area contributed by atoms with Gasteiger partial charge in [-0.25, -0.2) is 0 Å². The van der Waals surface area contributed by atoms with Gasteiger partial charge in [0.25, 0.3) is 0 Å². The van der Waals surface area contributed by atoms with Crippen LogP contribution in [0.4, 0.5) is 0 Å². The van der Waals surface area contributed by atoms with E-state index in [-0.39, 0.29) is 17.9 Å². The fourth-order valence-electron chi connectivity index (χ4n) is 3.61. The Balaban J connectivity index is 2.89. The highest BCUT2D eigenvalue weighted by atomic mass is 16.3. The molecule has 0 bridgehead atoms. The number of carbonyl (C=O) groups excluding carboxylic acids is 1. The van der Waals surface area contributed by atoms with Gasteiger partial charge in [-0.2, -0.15) is 0 Å². The van der Waals surface area contributed by atoms with E-state index in [0.29, 0.717) is 24.3 Å². The van der Waals surface area contributed by atoms with Crippen molar-refractivity contribution in [3.8, 4) is 0 Å². The highest BCUT2D eigenvalue weighted by Gasteiger charge is 2.33. The summed E-state index contributed by atoms with van der Waals surface area (Å²) in [7, 11) is 0. The zero-order chi connectivity index (χ0) is 17.4. The normalized spacial score (nSPS) is 20.3. The van der Waals surface area contributed by atoms with E-state index in [0.717, 1.165) is 32.2 Å². The molecule has 0 aliphatic heterocycles. The maximum Gasteiger partial charge on any atom is 0.226 e. The molecule has 1 rings (SSSR count). The molecular weight excluding hydrogens is 286 g/mol. The number of hydrogen-bond acceptors (Lipinski definition) is 2. The summed E-state index contributed by atoms with van der Waals surface area (Å²) in [5.74, 6) is 1.08. The third kappa shape index (κ3) is 6.45. The van der Waals surface area contributed by atoms with Crippen LogP contribution >= 0.6 is 0 Å². The molecule has 3 nitrogen and oxygen atoms in total. The molecule has 23 heavy (non-hydrogen) atoms. The molecule has 1 fully saturated rings. The van der Waals surface area contributed by atoms with E-state index in [1.807, 2.05) is 6.92 Å². The lowest BCUT2D eigenvalue weighted by molar-refractivity contribution is -0.142. The van der Waals surface area contributed by atoms with Gasteiger partial charge < -0.3 is 10.0 Å². The third-order valence-corrected chi connectivity index (χ3v) is 5.62. The summed E-state index contributed by atoms with van der Waals surface area (Å²) >= 11 is 0.